The maximum absolute atomic E-state index is 12.5. The minimum absolute atomic E-state index is 0.0444. The number of methoxy groups -OCH3 is 1. The predicted octanol–water partition coefficient (Wildman–Crippen LogP) is 4.26. The molecule has 3 aromatic carbocycles. The van der Waals surface area contributed by atoms with Crippen molar-refractivity contribution in [3.63, 3.8) is 0 Å². The Balaban J connectivity index is 1.49. The first-order valence-electron chi connectivity index (χ1n) is 10.1. The van der Waals surface area contributed by atoms with Gasteiger partial charge >= 0.3 is 0 Å². The summed E-state index contributed by atoms with van der Waals surface area (Å²) < 4.78 is 10.5. The maximum Gasteiger partial charge on any atom is 0.277 e. The molecule has 0 saturated carbocycles. The molecule has 0 aliphatic rings. The van der Waals surface area contributed by atoms with E-state index in [2.05, 4.69) is 15.8 Å². The summed E-state index contributed by atoms with van der Waals surface area (Å²) in [5, 5.41) is 6.90. The Morgan fingerprint density at radius 1 is 0.844 bits per heavy atom. The van der Waals surface area contributed by atoms with Gasteiger partial charge in [-0.15, -0.1) is 0 Å². The Morgan fingerprint density at radius 3 is 2.22 bits per heavy atom. The molecule has 2 amide bonds. The van der Waals surface area contributed by atoms with Gasteiger partial charge in [0, 0.05) is 17.0 Å². The van der Waals surface area contributed by atoms with Crippen molar-refractivity contribution in [1.29, 1.82) is 0 Å². The van der Waals surface area contributed by atoms with Crippen LogP contribution in [0.2, 0.25) is 0 Å². The van der Waals surface area contributed by atoms with Crippen molar-refractivity contribution in [3.05, 3.63) is 78.9 Å². The highest BCUT2D eigenvalue weighted by Crippen LogP contribution is 2.27. The number of para-hydroxylation sites is 1. The molecule has 3 aromatic rings. The summed E-state index contributed by atoms with van der Waals surface area (Å²) >= 11 is 0. The summed E-state index contributed by atoms with van der Waals surface area (Å²) in [6.07, 6.45) is 0.0444. The molecular weight excluding hydrogens is 406 g/mol. The van der Waals surface area contributed by atoms with Crippen LogP contribution in [0.25, 0.3) is 11.1 Å². The maximum atomic E-state index is 12.5. The van der Waals surface area contributed by atoms with Crippen LogP contribution < -0.4 is 20.2 Å². The molecule has 0 heterocycles. The second kappa shape index (κ2) is 11.3. The summed E-state index contributed by atoms with van der Waals surface area (Å²) in [7, 11) is 1.58. The summed E-state index contributed by atoms with van der Waals surface area (Å²) in [6, 6.07) is 24.3. The number of hydrogen-bond acceptors (Lipinski definition) is 5. The smallest absolute Gasteiger partial charge is 0.277 e. The van der Waals surface area contributed by atoms with Crippen molar-refractivity contribution in [3.8, 4) is 22.6 Å². The highest BCUT2D eigenvalue weighted by molar-refractivity contribution is 6.07. The molecule has 7 heteroatoms. The van der Waals surface area contributed by atoms with E-state index in [1.807, 2.05) is 54.6 Å². The SMILES string of the molecule is COc1ccc(OCC(=O)N/N=C(/C)CC(=O)Nc2ccccc2-c2ccccc2)cc1. The van der Waals surface area contributed by atoms with Crippen LogP contribution in [0.15, 0.2) is 84.0 Å². The number of amides is 2. The summed E-state index contributed by atoms with van der Waals surface area (Å²) in [4.78, 5) is 24.4. The van der Waals surface area contributed by atoms with E-state index in [1.54, 1.807) is 38.3 Å². The number of ether oxygens (including phenoxy) is 2. The van der Waals surface area contributed by atoms with Gasteiger partial charge in [-0.1, -0.05) is 48.5 Å². The van der Waals surface area contributed by atoms with Gasteiger partial charge in [0.05, 0.1) is 13.5 Å². The number of carbonyl (C=O) groups excluding carboxylic acids is 2. The number of nitrogens with zero attached hydrogens (tertiary/aromatic N) is 1. The van der Waals surface area contributed by atoms with Gasteiger partial charge in [-0.3, -0.25) is 9.59 Å². The minimum Gasteiger partial charge on any atom is -0.497 e. The Hall–Kier alpha value is -4.13. The van der Waals surface area contributed by atoms with Crippen LogP contribution in [0, 0.1) is 0 Å². The van der Waals surface area contributed by atoms with Crippen LogP contribution >= 0.6 is 0 Å². The molecule has 0 aliphatic heterocycles. The van der Waals surface area contributed by atoms with E-state index in [1.165, 1.54) is 0 Å². The molecule has 32 heavy (non-hydrogen) atoms. The van der Waals surface area contributed by atoms with Gasteiger partial charge in [-0.05, 0) is 42.8 Å². The average molecular weight is 431 g/mol. The third-order valence-electron chi connectivity index (χ3n) is 4.50. The van der Waals surface area contributed by atoms with E-state index in [9.17, 15) is 9.59 Å². The predicted molar refractivity (Wildman–Crippen MR) is 125 cm³/mol. The first kappa shape index (κ1) is 22.6. The number of anilines is 1. The molecule has 0 aliphatic carbocycles. The minimum atomic E-state index is -0.421. The van der Waals surface area contributed by atoms with Crippen molar-refractivity contribution in [2.24, 2.45) is 5.10 Å². The number of carbonyl (C=O) groups is 2. The molecule has 2 N–H and O–H groups in total. The van der Waals surface area contributed by atoms with Gasteiger partial charge in [0.25, 0.3) is 5.91 Å². The van der Waals surface area contributed by atoms with Crippen LogP contribution in [0.1, 0.15) is 13.3 Å². The Morgan fingerprint density at radius 2 is 1.50 bits per heavy atom. The lowest BCUT2D eigenvalue weighted by atomic mass is 10.0. The topological polar surface area (TPSA) is 89.0 Å². The second-order valence-corrected chi connectivity index (χ2v) is 6.98. The van der Waals surface area contributed by atoms with E-state index in [4.69, 9.17) is 9.47 Å². The monoisotopic (exact) mass is 431 g/mol. The standard InChI is InChI=1S/C25H25N3O4/c1-18(27-28-25(30)17-32-21-14-12-20(31-2)13-15-21)16-24(29)26-23-11-7-6-10-22(23)19-8-4-3-5-9-19/h3-15H,16-17H2,1-2H3,(H,26,29)(H,28,30)/b27-18-. The number of hydrazone groups is 1. The molecule has 0 bridgehead atoms. The number of benzene rings is 3. The average Bonchev–Trinajstić information content (AvgIpc) is 2.82. The molecule has 0 atom stereocenters. The third kappa shape index (κ3) is 6.70. The second-order valence-electron chi connectivity index (χ2n) is 6.98. The van der Waals surface area contributed by atoms with Crippen LogP contribution in [0.3, 0.4) is 0 Å². The van der Waals surface area contributed by atoms with E-state index in [0.717, 1.165) is 11.1 Å². The number of nitrogens with one attached hydrogen (secondary N) is 2. The van der Waals surface area contributed by atoms with E-state index < -0.39 is 5.91 Å². The highest BCUT2D eigenvalue weighted by atomic mass is 16.5. The van der Waals surface area contributed by atoms with E-state index in [-0.39, 0.29) is 18.9 Å². The zero-order valence-electron chi connectivity index (χ0n) is 18.0. The molecular formula is C25H25N3O4. The van der Waals surface area contributed by atoms with E-state index in [0.29, 0.717) is 22.9 Å². The van der Waals surface area contributed by atoms with Crippen molar-refractivity contribution in [1.82, 2.24) is 5.43 Å². The van der Waals surface area contributed by atoms with Gasteiger partial charge in [0.2, 0.25) is 5.91 Å². The molecule has 0 unspecified atom stereocenters. The lowest BCUT2D eigenvalue weighted by Crippen LogP contribution is -2.26. The molecule has 164 valence electrons. The van der Waals surface area contributed by atoms with Gasteiger partial charge < -0.3 is 14.8 Å². The number of hydrogen-bond donors (Lipinski definition) is 2. The number of rotatable bonds is 9. The lowest BCUT2D eigenvalue weighted by molar-refractivity contribution is -0.123. The molecule has 0 spiro atoms. The largest absolute Gasteiger partial charge is 0.497 e. The molecule has 0 radical (unpaired) electrons. The molecule has 0 aromatic heterocycles. The van der Waals surface area contributed by atoms with Gasteiger partial charge in [0.15, 0.2) is 6.61 Å². The fourth-order valence-electron chi connectivity index (χ4n) is 2.94. The van der Waals surface area contributed by atoms with Crippen LogP contribution in [-0.4, -0.2) is 31.2 Å². The Kier molecular flexibility index (Phi) is 7.97. The molecule has 0 fully saturated rings. The van der Waals surface area contributed by atoms with Gasteiger partial charge in [-0.2, -0.15) is 5.10 Å². The fourth-order valence-corrected chi connectivity index (χ4v) is 2.94. The van der Waals surface area contributed by atoms with Crippen molar-refractivity contribution < 1.29 is 19.1 Å². The Labute approximate surface area is 187 Å². The quantitative estimate of drug-likeness (QED) is 0.391. The first-order valence-corrected chi connectivity index (χ1v) is 10.1. The molecule has 3 rings (SSSR count). The zero-order chi connectivity index (χ0) is 22.8. The molecule has 7 nitrogen and oxygen atoms in total. The Bertz CT molecular complexity index is 1080. The van der Waals surface area contributed by atoms with Crippen LogP contribution in [-0.2, 0) is 9.59 Å². The van der Waals surface area contributed by atoms with Crippen molar-refractivity contribution in [2.45, 2.75) is 13.3 Å². The van der Waals surface area contributed by atoms with Gasteiger partial charge in [0.1, 0.15) is 11.5 Å². The lowest BCUT2D eigenvalue weighted by Gasteiger charge is -2.11. The van der Waals surface area contributed by atoms with Crippen LogP contribution in [0.4, 0.5) is 5.69 Å². The third-order valence-corrected chi connectivity index (χ3v) is 4.50. The highest BCUT2D eigenvalue weighted by Gasteiger charge is 2.10. The normalized spacial score (nSPS) is 10.9. The van der Waals surface area contributed by atoms with E-state index >= 15 is 0 Å². The summed E-state index contributed by atoms with van der Waals surface area (Å²) in [5.74, 6) is 0.596. The van der Waals surface area contributed by atoms with Crippen LogP contribution in [0.5, 0.6) is 11.5 Å². The van der Waals surface area contributed by atoms with Crippen molar-refractivity contribution in [2.75, 3.05) is 19.0 Å². The van der Waals surface area contributed by atoms with Gasteiger partial charge in [-0.25, -0.2) is 5.43 Å². The van der Waals surface area contributed by atoms with Crippen molar-refractivity contribution >= 4 is 23.2 Å². The first-order chi connectivity index (χ1) is 15.5. The zero-order valence-corrected chi connectivity index (χ0v) is 18.0. The summed E-state index contributed by atoms with van der Waals surface area (Å²) in [6.45, 7) is 1.48. The molecule has 0 saturated heterocycles. The summed E-state index contributed by atoms with van der Waals surface area (Å²) in [5.41, 5.74) is 5.53. The fraction of sp³-hybridized carbons (Fsp3) is 0.160.